The Labute approximate surface area is 109 Å². The molecule has 19 heavy (non-hydrogen) atoms. The third kappa shape index (κ3) is 2.44. The standard InChI is InChI=1S/C14H11N3O2/c18-14(16-8-10-2-1-5-15-7-10)11-3-4-12-13(6-11)19-9-17-12/h1-7,9H,8H2,(H,16,18). The van der Waals surface area contributed by atoms with Gasteiger partial charge in [-0.25, -0.2) is 4.98 Å². The summed E-state index contributed by atoms with van der Waals surface area (Å²) in [7, 11) is 0. The lowest BCUT2D eigenvalue weighted by Crippen LogP contribution is -2.22. The number of hydrogen-bond acceptors (Lipinski definition) is 4. The molecule has 5 heteroatoms. The highest BCUT2D eigenvalue weighted by atomic mass is 16.3. The maximum absolute atomic E-state index is 12.0. The smallest absolute Gasteiger partial charge is 0.251 e. The van der Waals surface area contributed by atoms with Crippen LogP contribution in [0.4, 0.5) is 0 Å². The Morgan fingerprint density at radius 2 is 2.26 bits per heavy atom. The van der Waals surface area contributed by atoms with Gasteiger partial charge in [-0.3, -0.25) is 9.78 Å². The summed E-state index contributed by atoms with van der Waals surface area (Å²) in [6.07, 6.45) is 4.78. The molecule has 0 fully saturated rings. The van der Waals surface area contributed by atoms with Gasteiger partial charge in [0.1, 0.15) is 5.52 Å². The molecule has 1 N–H and O–H groups in total. The maximum atomic E-state index is 12.0. The summed E-state index contributed by atoms with van der Waals surface area (Å²) < 4.78 is 5.17. The molecule has 0 aliphatic rings. The summed E-state index contributed by atoms with van der Waals surface area (Å²) in [5.74, 6) is -0.151. The van der Waals surface area contributed by atoms with E-state index in [1.54, 1.807) is 30.6 Å². The summed E-state index contributed by atoms with van der Waals surface area (Å²) in [5, 5.41) is 2.83. The first-order chi connectivity index (χ1) is 9.33. The zero-order valence-electron chi connectivity index (χ0n) is 10.0. The average Bonchev–Trinajstić information content (AvgIpc) is 2.93. The second-order valence-corrected chi connectivity index (χ2v) is 4.08. The number of carbonyl (C=O) groups excluding carboxylic acids is 1. The number of amides is 1. The van der Waals surface area contributed by atoms with E-state index in [2.05, 4.69) is 15.3 Å². The van der Waals surface area contributed by atoms with Crippen LogP contribution < -0.4 is 5.32 Å². The summed E-state index contributed by atoms with van der Waals surface area (Å²) in [4.78, 5) is 20.0. The van der Waals surface area contributed by atoms with Crippen molar-refractivity contribution in [2.75, 3.05) is 0 Å². The normalized spacial score (nSPS) is 10.5. The molecule has 0 aliphatic heterocycles. The zero-order chi connectivity index (χ0) is 13.1. The van der Waals surface area contributed by atoms with Gasteiger partial charge in [0.25, 0.3) is 5.91 Å². The van der Waals surface area contributed by atoms with Crippen molar-refractivity contribution < 1.29 is 9.21 Å². The van der Waals surface area contributed by atoms with Gasteiger partial charge in [-0.05, 0) is 29.8 Å². The Kier molecular flexibility index (Phi) is 2.94. The van der Waals surface area contributed by atoms with Gasteiger partial charge in [-0.1, -0.05) is 6.07 Å². The van der Waals surface area contributed by atoms with Gasteiger partial charge in [0, 0.05) is 24.5 Å². The number of benzene rings is 1. The number of nitrogens with one attached hydrogen (secondary N) is 1. The molecule has 0 unspecified atom stereocenters. The highest BCUT2D eigenvalue weighted by Crippen LogP contribution is 2.14. The molecule has 5 nitrogen and oxygen atoms in total. The molecule has 0 atom stereocenters. The van der Waals surface area contributed by atoms with Crippen LogP contribution in [0.25, 0.3) is 11.1 Å². The minimum atomic E-state index is -0.151. The maximum Gasteiger partial charge on any atom is 0.251 e. The van der Waals surface area contributed by atoms with Gasteiger partial charge in [0.2, 0.25) is 0 Å². The fraction of sp³-hybridized carbons (Fsp3) is 0.0714. The van der Waals surface area contributed by atoms with Gasteiger partial charge in [-0.2, -0.15) is 0 Å². The molecular weight excluding hydrogens is 242 g/mol. The molecule has 0 radical (unpaired) electrons. The van der Waals surface area contributed by atoms with E-state index in [9.17, 15) is 4.79 Å². The van der Waals surface area contributed by atoms with E-state index in [0.717, 1.165) is 11.1 Å². The molecule has 1 amide bonds. The Morgan fingerprint density at radius 1 is 1.32 bits per heavy atom. The monoisotopic (exact) mass is 253 g/mol. The SMILES string of the molecule is O=C(NCc1cccnc1)c1ccc2ncoc2c1. The Balaban J connectivity index is 1.73. The van der Waals surface area contributed by atoms with Crippen LogP contribution in [0, 0.1) is 0 Å². The molecule has 0 saturated heterocycles. The molecule has 0 aliphatic carbocycles. The molecule has 3 rings (SSSR count). The molecule has 3 aromatic rings. The fourth-order valence-corrected chi connectivity index (χ4v) is 1.78. The van der Waals surface area contributed by atoms with E-state index < -0.39 is 0 Å². The number of rotatable bonds is 3. The molecule has 2 heterocycles. The Morgan fingerprint density at radius 3 is 3.11 bits per heavy atom. The van der Waals surface area contributed by atoms with Crippen LogP contribution in [0.15, 0.2) is 53.5 Å². The minimum Gasteiger partial charge on any atom is -0.443 e. The number of oxazole rings is 1. The largest absolute Gasteiger partial charge is 0.443 e. The number of pyridine rings is 1. The molecule has 0 spiro atoms. The van der Waals surface area contributed by atoms with Crippen LogP contribution >= 0.6 is 0 Å². The Bertz CT molecular complexity index is 707. The summed E-state index contributed by atoms with van der Waals surface area (Å²) >= 11 is 0. The molecule has 0 saturated carbocycles. The molecule has 1 aromatic carbocycles. The summed E-state index contributed by atoms with van der Waals surface area (Å²) in [6.45, 7) is 0.446. The second kappa shape index (κ2) is 4.89. The lowest BCUT2D eigenvalue weighted by atomic mass is 10.2. The molecular formula is C14H11N3O2. The van der Waals surface area contributed by atoms with E-state index in [1.807, 2.05) is 12.1 Å². The number of nitrogens with zero attached hydrogens (tertiary/aromatic N) is 2. The van der Waals surface area contributed by atoms with Gasteiger partial charge in [0.15, 0.2) is 12.0 Å². The number of fused-ring (bicyclic) bond motifs is 1. The Hall–Kier alpha value is -2.69. The van der Waals surface area contributed by atoms with Crippen LogP contribution in [0.3, 0.4) is 0 Å². The second-order valence-electron chi connectivity index (χ2n) is 4.08. The summed E-state index contributed by atoms with van der Waals surface area (Å²) in [5.41, 5.74) is 2.85. The topological polar surface area (TPSA) is 68.0 Å². The molecule has 94 valence electrons. The van der Waals surface area contributed by atoms with Crippen LogP contribution in [0.1, 0.15) is 15.9 Å². The number of carbonyl (C=O) groups is 1. The van der Waals surface area contributed by atoms with Crippen LogP contribution in [-0.2, 0) is 6.54 Å². The number of hydrogen-bond donors (Lipinski definition) is 1. The van der Waals surface area contributed by atoms with Crippen molar-refractivity contribution in [2.24, 2.45) is 0 Å². The van der Waals surface area contributed by atoms with E-state index in [-0.39, 0.29) is 5.91 Å². The van der Waals surface area contributed by atoms with Crippen molar-refractivity contribution in [2.45, 2.75) is 6.54 Å². The first-order valence-electron chi connectivity index (χ1n) is 5.83. The first-order valence-corrected chi connectivity index (χ1v) is 5.83. The van der Waals surface area contributed by atoms with Crippen LogP contribution in [-0.4, -0.2) is 15.9 Å². The van der Waals surface area contributed by atoms with Crippen LogP contribution in [0.5, 0.6) is 0 Å². The van der Waals surface area contributed by atoms with E-state index in [1.165, 1.54) is 6.39 Å². The van der Waals surface area contributed by atoms with Crippen molar-refractivity contribution in [3.8, 4) is 0 Å². The third-order valence-electron chi connectivity index (χ3n) is 2.77. The summed E-state index contributed by atoms with van der Waals surface area (Å²) in [6, 6.07) is 8.91. The zero-order valence-corrected chi connectivity index (χ0v) is 10.0. The van der Waals surface area contributed by atoms with Gasteiger partial charge >= 0.3 is 0 Å². The van der Waals surface area contributed by atoms with Gasteiger partial charge < -0.3 is 9.73 Å². The van der Waals surface area contributed by atoms with E-state index >= 15 is 0 Å². The van der Waals surface area contributed by atoms with Crippen molar-refractivity contribution in [1.82, 2.24) is 15.3 Å². The van der Waals surface area contributed by atoms with Crippen LogP contribution in [0.2, 0.25) is 0 Å². The molecule has 0 bridgehead atoms. The van der Waals surface area contributed by atoms with E-state index in [4.69, 9.17) is 4.42 Å². The lowest BCUT2D eigenvalue weighted by Gasteiger charge is -2.04. The quantitative estimate of drug-likeness (QED) is 0.776. The highest BCUT2D eigenvalue weighted by molar-refractivity contribution is 5.96. The van der Waals surface area contributed by atoms with Crippen molar-refractivity contribution in [3.05, 3.63) is 60.2 Å². The first kappa shape index (κ1) is 11.4. The van der Waals surface area contributed by atoms with Gasteiger partial charge in [-0.15, -0.1) is 0 Å². The number of aromatic nitrogens is 2. The fourth-order valence-electron chi connectivity index (χ4n) is 1.78. The van der Waals surface area contributed by atoms with E-state index in [0.29, 0.717) is 17.7 Å². The third-order valence-corrected chi connectivity index (χ3v) is 2.77. The van der Waals surface area contributed by atoms with Gasteiger partial charge in [0.05, 0.1) is 0 Å². The minimum absolute atomic E-state index is 0.151. The lowest BCUT2D eigenvalue weighted by molar-refractivity contribution is 0.0951. The molecule has 2 aromatic heterocycles. The average molecular weight is 253 g/mol. The van der Waals surface area contributed by atoms with Crippen molar-refractivity contribution >= 4 is 17.0 Å². The predicted molar refractivity (Wildman–Crippen MR) is 69.4 cm³/mol. The predicted octanol–water partition coefficient (Wildman–Crippen LogP) is 2.15. The highest BCUT2D eigenvalue weighted by Gasteiger charge is 2.07. The van der Waals surface area contributed by atoms with Crippen molar-refractivity contribution in [1.29, 1.82) is 0 Å². The van der Waals surface area contributed by atoms with Crippen molar-refractivity contribution in [3.63, 3.8) is 0 Å².